The van der Waals surface area contributed by atoms with Crippen LogP contribution in [0, 0.1) is 12.8 Å². The average molecular weight is 544 g/mol. The van der Waals surface area contributed by atoms with Gasteiger partial charge in [0.2, 0.25) is 5.91 Å². The van der Waals surface area contributed by atoms with Crippen LogP contribution in [0.4, 0.5) is 10.5 Å². The molecule has 2 rings (SSSR count). The number of halogens is 1. The molecule has 2 atom stereocenters. The first-order valence-electron chi connectivity index (χ1n) is 13.2. The number of rotatable bonds is 10. The van der Waals surface area contributed by atoms with E-state index in [0.29, 0.717) is 22.7 Å². The summed E-state index contributed by atoms with van der Waals surface area (Å²) in [4.78, 5) is 42.0. The first kappa shape index (κ1) is 31.2. The summed E-state index contributed by atoms with van der Waals surface area (Å²) < 4.78 is 5.42. The van der Waals surface area contributed by atoms with Crippen molar-refractivity contribution in [2.45, 2.75) is 85.9 Å². The molecule has 0 fully saturated rings. The highest BCUT2D eigenvalue weighted by atomic mass is 35.5. The zero-order valence-corrected chi connectivity index (χ0v) is 24.6. The normalized spacial score (nSPS) is 13.0. The van der Waals surface area contributed by atoms with Crippen LogP contribution in [-0.2, 0) is 20.7 Å². The molecular weight excluding hydrogens is 502 g/mol. The molecule has 0 radical (unpaired) electrons. The van der Waals surface area contributed by atoms with Crippen LogP contribution in [0.2, 0.25) is 5.02 Å². The van der Waals surface area contributed by atoms with Crippen LogP contribution < -0.4 is 10.6 Å². The number of carbonyl (C=O) groups excluding carboxylic acids is 3. The Morgan fingerprint density at radius 2 is 1.66 bits per heavy atom. The summed E-state index contributed by atoms with van der Waals surface area (Å²) in [5.74, 6) is -0.636. The molecule has 0 heterocycles. The number of aryl methyl sites for hydroxylation is 2. The summed E-state index contributed by atoms with van der Waals surface area (Å²) in [6, 6.07) is 11.2. The molecule has 0 aliphatic rings. The van der Waals surface area contributed by atoms with Crippen molar-refractivity contribution in [1.82, 2.24) is 10.2 Å². The molecule has 208 valence electrons. The maximum atomic E-state index is 14.0. The Morgan fingerprint density at radius 1 is 1.03 bits per heavy atom. The van der Waals surface area contributed by atoms with Crippen LogP contribution in [0.15, 0.2) is 42.5 Å². The minimum atomic E-state index is -0.941. The van der Waals surface area contributed by atoms with Crippen LogP contribution >= 0.6 is 11.6 Å². The molecule has 0 spiro atoms. The maximum absolute atomic E-state index is 14.0. The molecular formula is C30H42ClN3O4. The highest BCUT2D eigenvalue weighted by Gasteiger charge is 2.36. The van der Waals surface area contributed by atoms with Gasteiger partial charge in [0.1, 0.15) is 17.7 Å². The van der Waals surface area contributed by atoms with Crippen LogP contribution in [0.25, 0.3) is 0 Å². The van der Waals surface area contributed by atoms with Crippen LogP contribution in [0.3, 0.4) is 0 Å². The zero-order chi connectivity index (χ0) is 28.6. The Labute approximate surface area is 232 Å². The molecule has 2 unspecified atom stereocenters. The molecule has 2 aromatic rings. The van der Waals surface area contributed by atoms with Gasteiger partial charge in [0, 0.05) is 6.54 Å². The molecule has 3 amide bonds. The van der Waals surface area contributed by atoms with Crippen molar-refractivity contribution < 1.29 is 19.1 Å². The standard InChI is InChI=1S/C30H42ClN3O4/c1-9-21-14-16-22(17-15-21)26(27(35)33-25-20(5)12-11-13-23(25)31)34(10-2)28(36)24(18-19(3)4)32-29(37)38-30(6,7)8/h11-17,19,24,26H,9-10,18H2,1-8H3,(H,32,37)(H,33,35). The Balaban J connectivity index is 2.50. The Morgan fingerprint density at radius 3 is 2.16 bits per heavy atom. The van der Waals surface area contributed by atoms with Gasteiger partial charge in [-0.15, -0.1) is 0 Å². The average Bonchev–Trinajstić information content (AvgIpc) is 2.82. The number of likely N-dealkylation sites (N-methyl/N-ethyl adjacent to an activating group) is 1. The van der Waals surface area contributed by atoms with Gasteiger partial charge in [-0.2, -0.15) is 0 Å². The van der Waals surface area contributed by atoms with Gasteiger partial charge >= 0.3 is 6.09 Å². The second kappa shape index (κ2) is 13.7. The van der Waals surface area contributed by atoms with Crippen LogP contribution in [-0.4, -0.2) is 41.0 Å². The number of hydrogen-bond donors (Lipinski definition) is 2. The Kier molecular flexibility index (Phi) is 11.2. The fourth-order valence-corrected chi connectivity index (χ4v) is 4.47. The van der Waals surface area contributed by atoms with E-state index in [1.807, 2.05) is 64.1 Å². The molecule has 0 saturated heterocycles. The van der Waals surface area contributed by atoms with Crippen LogP contribution in [0.5, 0.6) is 0 Å². The molecule has 0 bridgehead atoms. The molecule has 0 saturated carbocycles. The number of benzene rings is 2. The van der Waals surface area contributed by atoms with Crippen molar-refractivity contribution in [3.63, 3.8) is 0 Å². The Bertz CT molecular complexity index is 1090. The van der Waals surface area contributed by atoms with E-state index >= 15 is 0 Å². The van der Waals surface area contributed by atoms with Gasteiger partial charge in [-0.25, -0.2) is 4.79 Å². The number of hydrogen-bond acceptors (Lipinski definition) is 4. The maximum Gasteiger partial charge on any atom is 0.408 e. The smallest absolute Gasteiger partial charge is 0.408 e. The van der Waals surface area contributed by atoms with Crippen molar-refractivity contribution >= 4 is 35.2 Å². The molecule has 0 aliphatic heterocycles. The molecule has 0 aromatic heterocycles. The predicted octanol–water partition coefficient (Wildman–Crippen LogP) is 6.68. The van der Waals surface area contributed by atoms with E-state index in [4.69, 9.17) is 16.3 Å². The third kappa shape index (κ3) is 8.76. The number of amides is 3. The number of anilines is 1. The molecule has 7 nitrogen and oxygen atoms in total. The van der Waals surface area contributed by atoms with E-state index in [-0.39, 0.29) is 24.3 Å². The Hall–Kier alpha value is -3.06. The summed E-state index contributed by atoms with van der Waals surface area (Å²) in [7, 11) is 0. The van der Waals surface area contributed by atoms with Gasteiger partial charge < -0.3 is 20.3 Å². The number of carbonyl (C=O) groups is 3. The van der Waals surface area contributed by atoms with Gasteiger partial charge in [0.15, 0.2) is 0 Å². The fourth-order valence-electron chi connectivity index (χ4n) is 4.20. The van der Waals surface area contributed by atoms with E-state index in [1.165, 1.54) is 4.90 Å². The van der Waals surface area contributed by atoms with E-state index < -0.39 is 23.8 Å². The predicted molar refractivity (Wildman–Crippen MR) is 153 cm³/mol. The number of ether oxygens (including phenoxy) is 1. The summed E-state index contributed by atoms with van der Waals surface area (Å²) in [5.41, 5.74) is 2.39. The van der Waals surface area contributed by atoms with Crippen molar-refractivity contribution in [2.24, 2.45) is 5.92 Å². The van der Waals surface area contributed by atoms with Gasteiger partial charge in [0.25, 0.3) is 5.91 Å². The van der Waals surface area contributed by atoms with Gasteiger partial charge in [0.05, 0.1) is 10.7 Å². The lowest BCUT2D eigenvalue weighted by atomic mass is 9.98. The van der Waals surface area contributed by atoms with E-state index in [1.54, 1.807) is 26.8 Å². The molecule has 2 N–H and O–H groups in total. The SMILES string of the molecule is CCc1ccc(C(C(=O)Nc2c(C)cccc2Cl)N(CC)C(=O)C(CC(C)C)NC(=O)OC(C)(C)C)cc1. The number of alkyl carbamates (subject to hydrolysis) is 1. The highest BCUT2D eigenvalue weighted by molar-refractivity contribution is 6.34. The number of para-hydroxylation sites is 1. The number of nitrogens with zero attached hydrogens (tertiary/aromatic N) is 1. The summed E-state index contributed by atoms with van der Waals surface area (Å²) in [5, 5.41) is 6.11. The van der Waals surface area contributed by atoms with Crippen molar-refractivity contribution in [2.75, 3.05) is 11.9 Å². The minimum absolute atomic E-state index is 0.111. The summed E-state index contributed by atoms with van der Waals surface area (Å²) in [6.45, 7) is 15.2. The summed E-state index contributed by atoms with van der Waals surface area (Å²) >= 11 is 6.40. The third-order valence-corrected chi connectivity index (χ3v) is 6.37. The summed E-state index contributed by atoms with van der Waals surface area (Å²) in [6.07, 6.45) is 0.566. The largest absolute Gasteiger partial charge is 0.444 e. The first-order valence-corrected chi connectivity index (χ1v) is 13.6. The third-order valence-electron chi connectivity index (χ3n) is 6.05. The minimum Gasteiger partial charge on any atom is -0.444 e. The fraction of sp³-hybridized carbons (Fsp3) is 0.500. The van der Waals surface area contributed by atoms with Gasteiger partial charge in [-0.05, 0) is 76.1 Å². The lowest BCUT2D eigenvalue weighted by molar-refractivity contribution is -0.140. The lowest BCUT2D eigenvalue weighted by Crippen LogP contribution is -2.52. The van der Waals surface area contributed by atoms with E-state index in [9.17, 15) is 14.4 Å². The molecule has 2 aromatic carbocycles. The lowest BCUT2D eigenvalue weighted by Gasteiger charge is -2.34. The quantitative estimate of drug-likeness (QED) is 0.350. The first-order chi connectivity index (χ1) is 17.8. The van der Waals surface area contributed by atoms with Gasteiger partial charge in [-0.3, -0.25) is 9.59 Å². The van der Waals surface area contributed by atoms with Crippen molar-refractivity contribution in [3.8, 4) is 0 Å². The zero-order valence-electron chi connectivity index (χ0n) is 23.9. The molecule has 8 heteroatoms. The second-order valence-electron chi connectivity index (χ2n) is 10.9. The number of nitrogens with one attached hydrogen (secondary N) is 2. The van der Waals surface area contributed by atoms with Gasteiger partial charge in [-0.1, -0.05) is 68.8 Å². The van der Waals surface area contributed by atoms with Crippen molar-refractivity contribution in [1.29, 1.82) is 0 Å². The molecule has 38 heavy (non-hydrogen) atoms. The highest BCUT2D eigenvalue weighted by Crippen LogP contribution is 2.30. The molecule has 0 aliphatic carbocycles. The van der Waals surface area contributed by atoms with E-state index in [0.717, 1.165) is 17.5 Å². The monoisotopic (exact) mass is 543 g/mol. The second-order valence-corrected chi connectivity index (χ2v) is 11.3. The van der Waals surface area contributed by atoms with E-state index in [2.05, 4.69) is 17.6 Å². The van der Waals surface area contributed by atoms with Crippen LogP contribution in [0.1, 0.15) is 77.6 Å². The van der Waals surface area contributed by atoms with Crippen molar-refractivity contribution in [3.05, 3.63) is 64.2 Å². The topological polar surface area (TPSA) is 87.7 Å².